The van der Waals surface area contributed by atoms with Crippen molar-refractivity contribution >= 4 is 0 Å². The van der Waals surface area contributed by atoms with Crippen LogP contribution in [0.2, 0.25) is 0 Å². The highest BCUT2D eigenvalue weighted by atomic mass is 16.3. The average Bonchev–Trinajstić information content (AvgIpc) is 2.03. The predicted octanol–water partition coefficient (Wildman–Crippen LogP) is 2.87. The van der Waals surface area contributed by atoms with Crippen LogP contribution in [0.1, 0.15) is 37.8 Å². The summed E-state index contributed by atoms with van der Waals surface area (Å²) in [6, 6.07) is 8.32. The van der Waals surface area contributed by atoms with Crippen LogP contribution in [0.5, 0.6) is 0 Å². The summed E-state index contributed by atoms with van der Waals surface area (Å²) in [6.45, 7) is 7.80. The Morgan fingerprint density at radius 3 is 2.00 bits per heavy atom. The van der Waals surface area contributed by atoms with Gasteiger partial charge in [0.25, 0.3) is 0 Å². The Bertz CT molecular complexity index is 266. The third-order valence-electron chi connectivity index (χ3n) is 2.64. The van der Waals surface area contributed by atoms with Crippen molar-refractivity contribution in [1.29, 1.82) is 0 Å². The van der Waals surface area contributed by atoms with E-state index in [1.807, 2.05) is 20.8 Å². The lowest BCUT2D eigenvalue weighted by Crippen LogP contribution is -2.26. The van der Waals surface area contributed by atoms with Crippen LogP contribution in [0.15, 0.2) is 24.3 Å². The van der Waals surface area contributed by atoms with Gasteiger partial charge in [0, 0.05) is 5.92 Å². The first-order valence-corrected chi connectivity index (χ1v) is 4.70. The maximum absolute atomic E-state index is 9.81. The first-order chi connectivity index (χ1) is 5.91. The summed E-state index contributed by atoms with van der Waals surface area (Å²) < 4.78 is 0. The predicted molar refractivity (Wildman–Crippen MR) is 55.9 cm³/mol. The fourth-order valence-corrected chi connectivity index (χ4v) is 1.26. The van der Waals surface area contributed by atoms with Gasteiger partial charge in [-0.2, -0.15) is 0 Å². The van der Waals surface area contributed by atoms with Crippen LogP contribution < -0.4 is 0 Å². The molecule has 0 unspecified atom stereocenters. The van der Waals surface area contributed by atoms with E-state index in [-0.39, 0.29) is 5.92 Å². The second kappa shape index (κ2) is 3.51. The summed E-state index contributed by atoms with van der Waals surface area (Å²) in [7, 11) is 0. The van der Waals surface area contributed by atoms with Crippen molar-refractivity contribution in [1.82, 2.24) is 0 Å². The van der Waals surface area contributed by atoms with E-state index in [0.29, 0.717) is 0 Å². The summed E-state index contributed by atoms with van der Waals surface area (Å²) in [5.74, 6) is 0.174. The van der Waals surface area contributed by atoms with E-state index in [1.165, 1.54) is 11.1 Å². The molecule has 0 amide bonds. The van der Waals surface area contributed by atoms with Gasteiger partial charge in [0.05, 0.1) is 5.60 Å². The Kier molecular flexibility index (Phi) is 2.77. The molecule has 1 atom stereocenters. The fraction of sp³-hybridized carbons (Fsp3) is 0.500. The highest BCUT2D eigenvalue weighted by Gasteiger charge is 2.23. The highest BCUT2D eigenvalue weighted by Crippen LogP contribution is 2.27. The quantitative estimate of drug-likeness (QED) is 0.738. The Morgan fingerprint density at radius 2 is 1.62 bits per heavy atom. The smallest absolute Gasteiger partial charge is 0.0657 e. The number of hydrogen-bond donors (Lipinski definition) is 1. The Balaban J connectivity index is 2.90. The van der Waals surface area contributed by atoms with Gasteiger partial charge in [-0.15, -0.1) is 0 Å². The second-order valence-corrected chi connectivity index (χ2v) is 4.29. The molecule has 1 N–H and O–H groups in total. The SMILES string of the molecule is Cc1ccc([C@@H](C)C(C)(C)O)cc1. The van der Waals surface area contributed by atoms with Gasteiger partial charge in [0.1, 0.15) is 0 Å². The van der Waals surface area contributed by atoms with Gasteiger partial charge < -0.3 is 5.11 Å². The summed E-state index contributed by atoms with van der Waals surface area (Å²) in [5.41, 5.74) is 1.81. The van der Waals surface area contributed by atoms with E-state index in [4.69, 9.17) is 0 Å². The molecule has 0 saturated heterocycles. The third kappa shape index (κ3) is 2.56. The fourth-order valence-electron chi connectivity index (χ4n) is 1.26. The summed E-state index contributed by atoms with van der Waals surface area (Å²) in [5, 5.41) is 9.81. The molecular formula is C12H18O. The monoisotopic (exact) mass is 178 g/mol. The van der Waals surface area contributed by atoms with Crippen LogP contribution in [-0.4, -0.2) is 10.7 Å². The first-order valence-electron chi connectivity index (χ1n) is 4.70. The number of hydrogen-bond acceptors (Lipinski definition) is 1. The Labute approximate surface area is 80.4 Å². The Morgan fingerprint density at radius 1 is 1.15 bits per heavy atom. The molecule has 0 aromatic heterocycles. The molecule has 1 rings (SSSR count). The lowest BCUT2D eigenvalue weighted by Gasteiger charge is -2.26. The van der Waals surface area contributed by atoms with Crippen molar-refractivity contribution in [3.8, 4) is 0 Å². The van der Waals surface area contributed by atoms with E-state index in [9.17, 15) is 5.11 Å². The summed E-state index contributed by atoms with van der Waals surface area (Å²) in [6.07, 6.45) is 0. The van der Waals surface area contributed by atoms with E-state index in [2.05, 4.69) is 31.2 Å². The van der Waals surface area contributed by atoms with E-state index in [1.54, 1.807) is 0 Å². The average molecular weight is 178 g/mol. The second-order valence-electron chi connectivity index (χ2n) is 4.29. The minimum absolute atomic E-state index is 0.174. The van der Waals surface area contributed by atoms with Gasteiger partial charge in [-0.3, -0.25) is 0 Å². The largest absolute Gasteiger partial charge is 0.390 e. The van der Waals surface area contributed by atoms with Crippen LogP contribution in [-0.2, 0) is 0 Å². The van der Waals surface area contributed by atoms with Gasteiger partial charge in [-0.25, -0.2) is 0 Å². The summed E-state index contributed by atoms with van der Waals surface area (Å²) >= 11 is 0. The van der Waals surface area contributed by atoms with Crippen LogP contribution >= 0.6 is 0 Å². The lowest BCUT2D eigenvalue weighted by atomic mass is 9.86. The van der Waals surface area contributed by atoms with Gasteiger partial charge in [-0.05, 0) is 26.3 Å². The number of aryl methyl sites for hydroxylation is 1. The van der Waals surface area contributed by atoms with Crippen molar-refractivity contribution < 1.29 is 5.11 Å². The minimum atomic E-state index is -0.644. The summed E-state index contributed by atoms with van der Waals surface area (Å²) in [4.78, 5) is 0. The number of aliphatic hydroxyl groups is 1. The molecule has 1 aromatic carbocycles. The maximum atomic E-state index is 9.81. The molecule has 0 heterocycles. The van der Waals surface area contributed by atoms with Crippen LogP contribution in [0.3, 0.4) is 0 Å². The van der Waals surface area contributed by atoms with Crippen molar-refractivity contribution in [3.05, 3.63) is 35.4 Å². The molecule has 0 spiro atoms. The van der Waals surface area contributed by atoms with Gasteiger partial charge in [0.2, 0.25) is 0 Å². The molecule has 13 heavy (non-hydrogen) atoms. The molecule has 1 nitrogen and oxygen atoms in total. The molecular weight excluding hydrogens is 160 g/mol. The van der Waals surface area contributed by atoms with E-state index in [0.717, 1.165) is 0 Å². The first kappa shape index (κ1) is 10.3. The van der Waals surface area contributed by atoms with Gasteiger partial charge in [-0.1, -0.05) is 36.8 Å². The number of rotatable bonds is 2. The molecule has 0 aliphatic heterocycles. The van der Waals surface area contributed by atoms with Crippen molar-refractivity contribution in [2.45, 2.75) is 39.2 Å². The molecule has 72 valence electrons. The molecule has 0 bridgehead atoms. The molecule has 1 heteroatoms. The van der Waals surface area contributed by atoms with Crippen LogP contribution in [0.4, 0.5) is 0 Å². The number of benzene rings is 1. The van der Waals surface area contributed by atoms with Crippen LogP contribution in [0.25, 0.3) is 0 Å². The zero-order valence-corrected chi connectivity index (χ0v) is 8.83. The van der Waals surface area contributed by atoms with Gasteiger partial charge >= 0.3 is 0 Å². The molecule has 0 saturated carbocycles. The third-order valence-corrected chi connectivity index (χ3v) is 2.64. The Hall–Kier alpha value is -0.820. The lowest BCUT2D eigenvalue weighted by molar-refractivity contribution is 0.0559. The highest BCUT2D eigenvalue weighted by molar-refractivity contribution is 5.25. The minimum Gasteiger partial charge on any atom is -0.390 e. The van der Waals surface area contributed by atoms with Gasteiger partial charge in [0.15, 0.2) is 0 Å². The van der Waals surface area contributed by atoms with E-state index < -0.39 is 5.60 Å². The zero-order chi connectivity index (χ0) is 10.1. The maximum Gasteiger partial charge on any atom is 0.0657 e. The van der Waals surface area contributed by atoms with E-state index >= 15 is 0 Å². The molecule has 0 fully saturated rings. The van der Waals surface area contributed by atoms with Crippen molar-refractivity contribution in [2.75, 3.05) is 0 Å². The topological polar surface area (TPSA) is 20.2 Å². The zero-order valence-electron chi connectivity index (χ0n) is 8.83. The molecule has 1 aromatic rings. The standard InChI is InChI=1S/C12H18O/c1-9-5-7-11(8-6-9)10(2)12(3,4)13/h5-8,10,13H,1-4H3/t10-/m1/s1. The molecule has 0 radical (unpaired) electrons. The van der Waals surface area contributed by atoms with Crippen LogP contribution in [0, 0.1) is 6.92 Å². The van der Waals surface area contributed by atoms with Crippen molar-refractivity contribution in [3.63, 3.8) is 0 Å². The molecule has 0 aliphatic carbocycles. The molecule has 0 aliphatic rings. The normalized spacial score (nSPS) is 14.2. The van der Waals surface area contributed by atoms with Crippen molar-refractivity contribution in [2.24, 2.45) is 0 Å².